The van der Waals surface area contributed by atoms with Crippen molar-refractivity contribution in [2.45, 2.75) is 44.6 Å². The van der Waals surface area contributed by atoms with Crippen molar-refractivity contribution in [3.8, 4) is 11.3 Å². The van der Waals surface area contributed by atoms with Crippen LogP contribution in [0.25, 0.3) is 11.3 Å². The lowest BCUT2D eigenvalue weighted by Gasteiger charge is -2.20. The van der Waals surface area contributed by atoms with Gasteiger partial charge in [-0.3, -0.25) is 4.79 Å². The summed E-state index contributed by atoms with van der Waals surface area (Å²) in [5.41, 5.74) is -1.39. The first-order valence-electron chi connectivity index (χ1n) is 7.92. The topological polar surface area (TPSA) is 62.2 Å². The van der Waals surface area contributed by atoms with E-state index in [9.17, 15) is 23.1 Å². The molecule has 1 aliphatic carbocycles. The Bertz CT molecular complexity index is 793. The monoisotopic (exact) mass is 370 g/mol. The molecule has 0 radical (unpaired) electrons. The maximum atomic E-state index is 13.9. The number of benzene rings is 1. The van der Waals surface area contributed by atoms with Gasteiger partial charge >= 0.3 is 0 Å². The SMILES string of the molecule is Cc1sc(NC(=O)CC2(O)CCCC2)nc1-c1c(F)cc(F)cc1F. The number of nitrogens with zero attached hydrogens (tertiary/aromatic N) is 1. The largest absolute Gasteiger partial charge is 0.389 e. The Hall–Kier alpha value is -1.93. The van der Waals surface area contributed by atoms with Crippen LogP contribution in [-0.2, 0) is 4.79 Å². The van der Waals surface area contributed by atoms with Crippen molar-refractivity contribution in [2.75, 3.05) is 5.32 Å². The molecule has 8 heteroatoms. The van der Waals surface area contributed by atoms with Gasteiger partial charge in [-0.1, -0.05) is 12.8 Å². The van der Waals surface area contributed by atoms with Crippen LogP contribution in [0.4, 0.5) is 18.3 Å². The number of aliphatic hydroxyl groups is 1. The second-order valence-electron chi connectivity index (χ2n) is 6.32. The molecule has 0 atom stereocenters. The molecule has 0 unspecified atom stereocenters. The van der Waals surface area contributed by atoms with Gasteiger partial charge in [-0.2, -0.15) is 0 Å². The normalized spacial score (nSPS) is 16.2. The van der Waals surface area contributed by atoms with Crippen LogP contribution in [0.1, 0.15) is 37.0 Å². The average molecular weight is 370 g/mol. The highest BCUT2D eigenvalue weighted by molar-refractivity contribution is 7.16. The Morgan fingerprint density at radius 3 is 2.48 bits per heavy atom. The quantitative estimate of drug-likeness (QED) is 0.849. The summed E-state index contributed by atoms with van der Waals surface area (Å²) < 4.78 is 40.9. The number of rotatable bonds is 4. The van der Waals surface area contributed by atoms with E-state index in [1.54, 1.807) is 6.92 Å². The number of anilines is 1. The summed E-state index contributed by atoms with van der Waals surface area (Å²) >= 11 is 1.06. The van der Waals surface area contributed by atoms with Gasteiger partial charge in [0.2, 0.25) is 5.91 Å². The van der Waals surface area contributed by atoms with Crippen LogP contribution in [0.15, 0.2) is 12.1 Å². The Kier molecular flexibility index (Phi) is 4.83. The lowest BCUT2D eigenvalue weighted by atomic mass is 9.98. The van der Waals surface area contributed by atoms with E-state index in [0.29, 0.717) is 29.9 Å². The van der Waals surface area contributed by atoms with E-state index in [0.717, 1.165) is 24.2 Å². The molecule has 0 aliphatic heterocycles. The molecule has 1 heterocycles. The maximum Gasteiger partial charge on any atom is 0.229 e. The first-order chi connectivity index (χ1) is 11.8. The molecule has 1 fully saturated rings. The number of nitrogens with one attached hydrogen (secondary N) is 1. The van der Waals surface area contributed by atoms with Crippen molar-refractivity contribution in [3.63, 3.8) is 0 Å². The molecule has 1 aromatic carbocycles. The van der Waals surface area contributed by atoms with Crippen molar-refractivity contribution in [2.24, 2.45) is 0 Å². The molecule has 2 aromatic rings. The minimum Gasteiger partial charge on any atom is -0.389 e. The zero-order valence-electron chi connectivity index (χ0n) is 13.5. The van der Waals surface area contributed by atoms with Crippen molar-refractivity contribution in [1.82, 2.24) is 4.98 Å². The van der Waals surface area contributed by atoms with E-state index in [2.05, 4.69) is 10.3 Å². The third-order valence-corrected chi connectivity index (χ3v) is 5.20. The molecule has 25 heavy (non-hydrogen) atoms. The molecule has 0 saturated heterocycles. The van der Waals surface area contributed by atoms with Crippen LogP contribution in [0.2, 0.25) is 0 Å². The third-order valence-electron chi connectivity index (χ3n) is 4.31. The zero-order chi connectivity index (χ0) is 18.2. The van der Waals surface area contributed by atoms with E-state index in [-0.39, 0.29) is 17.2 Å². The molecule has 1 saturated carbocycles. The highest BCUT2D eigenvalue weighted by Gasteiger charge is 2.33. The Morgan fingerprint density at radius 1 is 1.28 bits per heavy atom. The van der Waals surface area contributed by atoms with Crippen LogP contribution in [0, 0.1) is 24.4 Å². The number of aromatic nitrogens is 1. The predicted octanol–water partition coefficient (Wildman–Crippen LogP) is 4.17. The fourth-order valence-corrected chi connectivity index (χ4v) is 3.96. The summed E-state index contributed by atoms with van der Waals surface area (Å²) in [6.07, 6.45) is 2.88. The van der Waals surface area contributed by atoms with Crippen molar-refractivity contribution in [1.29, 1.82) is 0 Å². The van der Waals surface area contributed by atoms with Gasteiger partial charge < -0.3 is 10.4 Å². The first kappa shape index (κ1) is 17.9. The van der Waals surface area contributed by atoms with E-state index in [4.69, 9.17) is 0 Å². The van der Waals surface area contributed by atoms with Gasteiger partial charge in [0.05, 0.1) is 23.3 Å². The number of carbonyl (C=O) groups is 1. The van der Waals surface area contributed by atoms with Crippen LogP contribution >= 0.6 is 11.3 Å². The number of hydrogen-bond donors (Lipinski definition) is 2. The van der Waals surface area contributed by atoms with Crippen LogP contribution in [0.5, 0.6) is 0 Å². The van der Waals surface area contributed by atoms with Crippen LogP contribution < -0.4 is 5.32 Å². The first-order valence-corrected chi connectivity index (χ1v) is 8.74. The average Bonchev–Trinajstić information content (AvgIpc) is 3.04. The number of amides is 1. The summed E-state index contributed by atoms with van der Waals surface area (Å²) in [4.78, 5) is 16.7. The lowest BCUT2D eigenvalue weighted by molar-refractivity contribution is -0.120. The number of hydrogen-bond acceptors (Lipinski definition) is 4. The van der Waals surface area contributed by atoms with Crippen molar-refractivity contribution >= 4 is 22.4 Å². The highest BCUT2D eigenvalue weighted by Crippen LogP contribution is 2.35. The van der Waals surface area contributed by atoms with Gasteiger partial charge in [0.25, 0.3) is 0 Å². The van der Waals surface area contributed by atoms with Crippen molar-refractivity contribution < 1.29 is 23.1 Å². The summed E-state index contributed by atoms with van der Waals surface area (Å²) in [5, 5.41) is 13.0. The fourth-order valence-electron chi connectivity index (χ4n) is 3.12. The molecular weight excluding hydrogens is 353 g/mol. The van der Waals surface area contributed by atoms with E-state index < -0.39 is 34.5 Å². The maximum absolute atomic E-state index is 13.9. The Balaban J connectivity index is 1.80. The molecule has 1 aromatic heterocycles. The van der Waals surface area contributed by atoms with E-state index in [1.807, 2.05) is 0 Å². The van der Waals surface area contributed by atoms with Gasteiger partial charge in [0.1, 0.15) is 17.5 Å². The molecule has 1 amide bonds. The summed E-state index contributed by atoms with van der Waals surface area (Å²) in [6.45, 7) is 1.61. The third kappa shape index (κ3) is 3.85. The van der Waals surface area contributed by atoms with Crippen molar-refractivity contribution in [3.05, 3.63) is 34.5 Å². The summed E-state index contributed by atoms with van der Waals surface area (Å²) in [5.74, 6) is -3.51. The summed E-state index contributed by atoms with van der Waals surface area (Å²) in [6, 6.07) is 1.18. The highest BCUT2D eigenvalue weighted by atomic mass is 32.1. The van der Waals surface area contributed by atoms with Crippen LogP contribution in [0.3, 0.4) is 0 Å². The molecule has 2 N–H and O–H groups in total. The molecule has 1 aliphatic rings. The zero-order valence-corrected chi connectivity index (χ0v) is 14.4. The van der Waals surface area contributed by atoms with Gasteiger partial charge in [-0.25, -0.2) is 18.2 Å². The number of thiazole rings is 1. The molecule has 4 nitrogen and oxygen atoms in total. The minimum atomic E-state index is -1.05. The minimum absolute atomic E-state index is 0.0230. The van der Waals surface area contributed by atoms with E-state index >= 15 is 0 Å². The molecule has 3 rings (SSSR count). The van der Waals surface area contributed by atoms with Gasteiger partial charge in [0.15, 0.2) is 5.13 Å². The second-order valence-corrected chi connectivity index (χ2v) is 7.53. The standard InChI is InChI=1S/C17H17F3N2O2S/c1-9-15(14-11(19)6-10(18)7-12(14)20)22-16(25-9)21-13(23)8-17(24)4-2-3-5-17/h6-7,24H,2-5,8H2,1H3,(H,21,22,23). The number of carbonyl (C=O) groups excluding carboxylic acids is 1. The number of halogens is 3. The Morgan fingerprint density at radius 2 is 1.88 bits per heavy atom. The number of aryl methyl sites for hydroxylation is 1. The molecule has 0 bridgehead atoms. The molecule has 134 valence electrons. The molecular formula is C17H17F3N2O2S. The van der Waals surface area contributed by atoms with E-state index in [1.165, 1.54) is 0 Å². The predicted molar refractivity (Wildman–Crippen MR) is 88.8 cm³/mol. The smallest absolute Gasteiger partial charge is 0.229 e. The molecule has 0 spiro atoms. The summed E-state index contributed by atoms with van der Waals surface area (Å²) in [7, 11) is 0. The van der Waals surface area contributed by atoms with Gasteiger partial charge in [0, 0.05) is 17.0 Å². The lowest BCUT2D eigenvalue weighted by Crippen LogP contribution is -2.30. The van der Waals surface area contributed by atoms with Crippen LogP contribution in [-0.4, -0.2) is 21.6 Å². The fraction of sp³-hybridized carbons (Fsp3) is 0.412. The van der Waals surface area contributed by atoms with Gasteiger partial charge in [-0.05, 0) is 19.8 Å². The van der Waals surface area contributed by atoms with Gasteiger partial charge in [-0.15, -0.1) is 11.3 Å². The second kappa shape index (κ2) is 6.76. The Labute approximate surface area is 146 Å².